The molecule has 0 heterocycles. The molecule has 0 spiro atoms. The molecule has 0 aliphatic heterocycles. The minimum absolute atomic E-state index is 0. The van der Waals surface area contributed by atoms with Crippen molar-refractivity contribution in [2.24, 2.45) is 11.8 Å². The molecule has 0 aromatic rings. The van der Waals surface area contributed by atoms with Gasteiger partial charge in [-0.3, -0.25) is 0 Å². The van der Waals surface area contributed by atoms with Gasteiger partial charge in [0.2, 0.25) is 0 Å². The maximum absolute atomic E-state index is 10.1. The van der Waals surface area contributed by atoms with Crippen molar-refractivity contribution in [1.82, 2.24) is 0 Å². The van der Waals surface area contributed by atoms with Gasteiger partial charge >= 0.3 is 119 Å². The third-order valence-corrected chi connectivity index (χ3v) is 5.43. The van der Waals surface area contributed by atoms with Gasteiger partial charge in [-0.25, -0.2) is 0 Å². The number of rotatable bonds is 20. The van der Waals surface area contributed by atoms with Crippen molar-refractivity contribution in [1.29, 1.82) is 0 Å². The van der Waals surface area contributed by atoms with Crippen LogP contribution in [0, 0.1) is 11.8 Å². The Morgan fingerprint density at radius 1 is 0.656 bits per heavy atom. The fourth-order valence-electron chi connectivity index (χ4n) is 2.64. The van der Waals surface area contributed by atoms with Crippen LogP contribution in [-0.2, 0) is 27.7 Å². The van der Waals surface area contributed by atoms with Gasteiger partial charge in [-0.2, -0.15) is 0 Å². The first-order valence-electron chi connectivity index (χ1n) is 11.1. The monoisotopic (exact) mass is 550 g/mol. The Morgan fingerprint density at radius 3 is 1.25 bits per heavy atom. The molecule has 0 N–H and O–H groups in total. The fraction of sp³-hybridized carbons (Fsp3) is 1.00. The summed E-state index contributed by atoms with van der Waals surface area (Å²) in [5, 5.41) is 0. The van der Waals surface area contributed by atoms with Crippen LogP contribution in [0.25, 0.3) is 0 Å². The Labute approximate surface area is 282 Å². The van der Waals surface area contributed by atoms with Gasteiger partial charge in [0.1, 0.15) is 13.2 Å². The van der Waals surface area contributed by atoms with Gasteiger partial charge in [0, 0.05) is 13.2 Å². The second-order valence-corrected chi connectivity index (χ2v) is 8.51. The molecule has 32 heavy (non-hydrogen) atoms. The zero-order valence-corrected chi connectivity index (χ0v) is 29.2. The molecule has 12 heteroatoms. The third kappa shape index (κ3) is 35.4. The van der Waals surface area contributed by atoms with E-state index in [0.29, 0.717) is 38.3 Å². The Balaban J connectivity index is -0.000000231. The first kappa shape index (κ1) is 42.3. The van der Waals surface area contributed by atoms with E-state index in [2.05, 4.69) is 36.7 Å². The van der Waals surface area contributed by atoms with Crippen molar-refractivity contribution in [3.05, 3.63) is 0 Å². The Kier molecular flexibility index (Phi) is 45.3. The Hall–Kier alpha value is 3.23. The van der Waals surface area contributed by atoms with Gasteiger partial charge in [0.15, 0.2) is 0 Å². The fourth-order valence-corrected chi connectivity index (χ4v) is 3.08. The second-order valence-electron chi connectivity index (χ2n) is 7.10. The molecule has 8 nitrogen and oxygen atoms in total. The maximum atomic E-state index is 10.1. The topological polar surface area (TPSA) is 117 Å². The zero-order valence-electron chi connectivity index (χ0n) is 21.2. The summed E-state index contributed by atoms with van der Waals surface area (Å²) in [4.78, 5) is 20.1. The smallest absolute Gasteiger partial charge is 0.566 e. The summed E-state index contributed by atoms with van der Waals surface area (Å²) in [7, 11) is -5.45. The molecule has 0 saturated heterocycles. The first-order valence-corrected chi connectivity index (χ1v) is 13.3. The molecule has 0 saturated carbocycles. The second kappa shape index (κ2) is 34.2. The van der Waals surface area contributed by atoms with Crippen LogP contribution in [0.1, 0.15) is 79.1 Å². The summed E-state index contributed by atoms with van der Waals surface area (Å²) in [6, 6.07) is 0. The maximum Gasteiger partial charge on any atom is 1.00 e. The van der Waals surface area contributed by atoms with E-state index in [1.165, 1.54) is 38.5 Å². The van der Waals surface area contributed by atoms with E-state index in [4.69, 9.17) is 9.47 Å². The van der Waals surface area contributed by atoms with Crippen LogP contribution < -0.4 is 113 Å². The van der Waals surface area contributed by atoms with E-state index in [9.17, 15) is 18.9 Å². The molecule has 180 valence electrons. The van der Waals surface area contributed by atoms with Crippen molar-refractivity contribution in [3.8, 4) is 0 Å². The Morgan fingerprint density at radius 2 is 1.00 bits per heavy atom. The van der Waals surface area contributed by atoms with E-state index >= 15 is 0 Å². The normalized spacial score (nSPS) is 13.1. The van der Waals surface area contributed by atoms with Gasteiger partial charge in [-0.15, -0.1) is 9.05 Å². The summed E-state index contributed by atoms with van der Waals surface area (Å²) in [5.74, 6) is 1.18. The molecule has 4 atom stereocenters. The van der Waals surface area contributed by atoms with Crippen molar-refractivity contribution in [3.63, 3.8) is 0 Å². The van der Waals surface area contributed by atoms with E-state index in [-0.39, 0.29) is 116 Å². The van der Waals surface area contributed by atoms with Crippen LogP contribution in [0.15, 0.2) is 0 Å². The Bertz CT molecular complexity index is 374. The average Bonchev–Trinajstić information content (AvgIpc) is 2.72. The predicted molar refractivity (Wildman–Crippen MR) is 115 cm³/mol. The molecule has 0 bridgehead atoms. The van der Waals surface area contributed by atoms with Gasteiger partial charge in [0.25, 0.3) is 0 Å². The average molecular weight is 551 g/mol. The van der Waals surface area contributed by atoms with Crippen LogP contribution in [-0.4, -0.2) is 39.6 Å². The first-order chi connectivity index (χ1) is 14.4. The van der Waals surface area contributed by atoms with E-state index in [1.54, 1.807) is 0 Å². The molecule has 0 amide bonds. The largest absolute Gasteiger partial charge is 1.00 e. The van der Waals surface area contributed by atoms with Gasteiger partial charge in [-0.1, -0.05) is 66.2 Å². The standard InChI is InChI=1S/2C10H21O4P.2K/c2*1-3-5-6-10(4-2)9-13-7-8-14-15(11)12;;/h2*10H,3-9H2,1-2H3;;/q;;2*+1. The molecule has 0 aromatic heterocycles. The molecule has 0 aromatic carbocycles. The molecular formula is C20H42K2O8P2+2. The van der Waals surface area contributed by atoms with Crippen LogP contribution in [0.5, 0.6) is 0 Å². The molecule has 0 radical (unpaired) electrons. The van der Waals surface area contributed by atoms with Crippen LogP contribution >= 0.6 is 16.5 Å². The van der Waals surface area contributed by atoms with Crippen LogP contribution in [0.3, 0.4) is 0 Å². The quantitative estimate of drug-likeness (QED) is 0.102. The zero-order chi connectivity index (χ0) is 23.0. The van der Waals surface area contributed by atoms with Gasteiger partial charge in [0.05, 0.1) is 13.2 Å². The molecule has 4 unspecified atom stereocenters. The van der Waals surface area contributed by atoms with Crippen molar-refractivity contribution >= 4 is 16.5 Å². The summed E-state index contributed by atoms with van der Waals surface area (Å²) < 4.78 is 39.5. The van der Waals surface area contributed by atoms with Crippen LogP contribution in [0.4, 0.5) is 0 Å². The molecule has 0 aliphatic rings. The van der Waals surface area contributed by atoms with Crippen molar-refractivity contribution < 1.29 is 140 Å². The van der Waals surface area contributed by atoms with E-state index in [1.807, 2.05) is 0 Å². The SMILES string of the molecule is CCCCC(CC)COCCO[P+](=O)[O-].CCCCC(CC)COCCO[P+](=O)[O-].[K+].[K+]. The molecule has 0 fully saturated rings. The van der Waals surface area contributed by atoms with Gasteiger partial charge < -0.3 is 19.3 Å². The van der Waals surface area contributed by atoms with Crippen molar-refractivity contribution in [2.75, 3.05) is 39.6 Å². The third-order valence-electron chi connectivity index (χ3n) is 4.64. The number of unbranched alkanes of at least 4 members (excludes halogenated alkanes) is 2. The molecule has 0 rings (SSSR count). The number of hydrogen-bond donors (Lipinski definition) is 0. The summed E-state index contributed by atoms with van der Waals surface area (Å²) in [6.07, 6.45) is 9.45. The van der Waals surface area contributed by atoms with Gasteiger partial charge in [-0.05, 0) is 33.8 Å². The summed E-state index contributed by atoms with van der Waals surface area (Å²) in [6.45, 7) is 11.0. The number of ether oxygens (including phenoxy) is 2. The van der Waals surface area contributed by atoms with E-state index in [0.717, 1.165) is 12.8 Å². The minimum atomic E-state index is -2.73. The molecular weight excluding hydrogens is 508 g/mol. The van der Waals surface area contributed by atoms with Crippen molar-refractivity contribution in [2.45, 2.75) is 79.1 Å². The minimum Gasteiger partial charge on any atom is -0.566 e. The summed E-state index contributed by atoms with van der Waals surface area (Å²) >= 11 is 0. The van der Waals surface area contributed by atoms with Crippen LogP contribution in [0.2, 0.25) is 0 Å². The van der Waals surface area contributed by atoms with E-state index < -0.39 is 16.5 Å². The summed E-state index contributed by atoms with van der Waals surface area (Å²) in [5.41, 5.74) is 0. The predicted octanol–water partition coefficient (Wildman–Crippen LogP) is -1.48. The molecule has 0 aliphatic carbocycles. The number of hydrogen-bond acceptors (Lipinski definition) is 8.